The molecule has 108 valence electrons. The molecular weight excluding hydrogens is 241 g/mol. The summed E-state index contributed by atoms with van der Waals surface area (Å²) in [4.78, 5) is 1.98. The third-order valence-corrected chi connectivity index (χ3v) is 3.82. The fourth-order valence-corrected chi connectivity index (χ4v) is 2.46. The summed E-state index contributed by atoms with van der Waals surface area (Å²) in [6.07, 6.45) is 0.131. The summed E-state index contributed by atoms with van der Waals surface area (Å²) >= 11 is 0. The molecule has 1 N–H and O–H groups in total. The zero-order valence-electron chi connectivity index (χ0n) is 11.4. The molecule has 5 heteroatoms. The van der Waals surface area contributed by atoms with E-state index in [2.05, 4.69) is 12.2 Å². The van der Waals surface area contributed by atoms with Crippen LogP contribution in [0.15, 0.2) is 0 Å². The van der Waals surface area contributed by atoms with Crippen molar-refractivity contribution >= 4 is 0 Å². The SMILES string of the molecule is CNC(C)CCCCN1CCCC(C(F)(F)F)C1. The summed E-state index contributed by atoms with van der Waals surface area (Å²) in [5, 5.41) is 3.17. The second-order valence-corrected chi connectivity index (χ2v) is 5.37. The van der Waals surface area contributed by atoms with Crippen molar-refractivity contribution in [3.63, 3.8) is 0 Å². The van der Waals surface area contributed by atoms with Crippen molar-refractivity contribution in [2.75, 3.05) is 26.7 Å². The molecular formula is C13H25F3N2. The molecule has 2 nitrogen and oxygen atoms in total. The van der Waals surface area contributed by atoms with E-state index in [1.807, 2.05) is 11.9 Å². The van der Waals surface area contributed by atoms with Gasteiger partial charge in [-0.15, -0.1) is 0 Å². The highest BCUT2D eigenvalue weighted by molar-refractivity contribution is 4.78. The molecule has 1 aliphatic heterocycles. The van der Waals surface area contributed by atoms with Crippen molar-refractivity contribution in [3.8, 4) is 0 Å². The summed E-state index contributed by atoms with van der Waals surface area (Å²) in [5.41, 5.74) is 0. The molecule has 18 heavy (non-hydrogen) atoms. The van der Waals surface area contributed by atoms with Gasteiger partial charge in [-0.05, 0) is 52.7 Å². The van der Waals surface area contributed by atoms with Crippen LogP contribution in [-0.2, 0) is 0 Å². The van der Waals surface area contributed by atoms with Gasteiger partial charge in [-0.2, -0.15) is 13.2 Å². The Balaban J connectivity index is 2.18. The van der Waals surface area contributed by atoms with Gasteiger partial charge >= 0.3 is 6.18 Å². The second-order valence-electron chi connectivity index (χ2n) is 5.37. The van der Waals surface area contributed by atoms with Gasteiger partial charge in [0.15, 0.2) is 0 Å². The first-order chi connectivity index (χ1) is 8.43. The normalized spacial score (nSPS) is 24.2. The maximum Gasteiger partial charge on any atom is 0.393 e. The first kappa shape index (κ1) is 15.8. The summed E-state index contributed by atoms with van der Waals surface area (Å²) in [6, 6.07) is 0.495. The lowest BCUT2D eigenvalue weighted by atomic mass is 9.97. The van der Waals surface area contributed by atoms with E-state index in [9.17, 15) is 13.2 Å². The Labute approximate surface area is 108 Å². The monoisotopic (exact) mass is 266 g/mol. The van der Waals surface area contributed by atoms with E-state index in [0.717, 1.165) is 32.4 Å². The van der Waals surface area contributed by atoms with Crippen molar-refractivity contribution < 1.29 is 13.2 Å². The van der Waals surface area contributed by atoms with E-state index in [0.29, 0.717) is 18.9 Å². The molecule has 0 bridgehead atoms. The van der Waals surface area contributed by atoms with Crippen LogP contribution in [0.5, 0.6) is 0 Å². The highest BCUT2D eigenvalue weighted by atomic mass is 19.4. The van der Waals surface area contributed by atoms with Crippen molar-refractivity contribution in [3.05, 3.63) is 0 Å². The third kappa shape index (κ3) is 5.57. The average Bonchev–Trinajstić information content (AvgIpc) is 2.33. The van der Waals surface area contributed by atoms with Crippen molar-refractivity contribution in [2.24, 2.45) is 5.92 Å². The predicted octanol–water partition coefficient (Wildman–Crippen LogP) is 3.04. The zero-order chi connectivity index (χ0) is 13.6. The molecule has 2 unspecified atom stereocenters. The molecule has 0 aromatic rings. The Morgan fingerprint density at radius 2 is 2.06 bits per heavy atom. The fourth-order valence-electron chi connectivity index (χ4n) is 2.46. The van der Waals surface area contributed by atoms with Crippen molar-refractivity contribution in [2.45, 2.75) is 51.2 Å². The van der Waals surface area contributed by atoms with Crippen LogP contribution in [0.3, 0.4) is 0 Å². The third-order valence-electron chi connectivity index (χ3n) is 3.82. The number of likely N-dealkylation sites (tertiary alicyclic amines) is 1. The first-order valence-corrected chi connectivity index (χ1v) is 6.90. The molecule has 0 saturated carbocycles. The molecule has 1 aliphatic rings. The quantitative estimate of drug-likeness (QED) is 0.743. The average molecular weight is 266 g/mol. The molecule has 0 spiro atoms. The van der Waals surface area contributed by atoms with E-state index < -0.39 is 12.1 Å². The Hall–Kier alpha value is -0.290. The Morgan fingerprint density at radius 1 is 1.33 bits per heavy atom. The van der Waals surface area contributed by atoms with Crippen LogP contribution in [0.4, 0.5) is 13.2 Å². The van der Waals surface area contributed by atoms with E-state index in [-0.39, 0.29) is 6.54 Å². The largest absolute Gasteiger partial charge is 0.393 e. The summed E-state index contributed by atoms with van der Waals surface area (Å²) in [5.74, 6) is -1.11. The molecule has 0 radical (unpaired) electrons. The smallest absolute Gasteiger partial charge is 0.317 e. The Bertz CT molecular complexity index is 231. The Morgan fingerprint density at radius 3 is 2.67 bits per heavy atom. The van der Waals surface area contributed by atoms with Gasteiger partial charge in [0.1, 0.15) is 0 Å². The summed E-state index contributed by atoms with van der Waals surface area (Å²) < 4.78 is 37.9. The highest BCUT2D eigenvalue weighted by Gasteiger charge is 2.41. The molecule has 1 saturated heterocycles. The molecule has 0 aromatic carbocycles. The predicted molar refractivity (Wildman–Crippen MR) is 67.6 cm³/mol. The number of nitrogens with one attached hydrogen (secondary N) is 1. The van der Waals surface area contributed by atoms with Crippen molar-refractivity contribution in [1.82, 2.24) is 10.2 Å². The maximum absolute atomic E-state index is 12.6. The molecule has 1 heterocycles. The second kappa shape index (κ2) is 7.34. The number of hydrogen-bond acceptors (Lipinski definition) is 2. The van der Waals surface area contributed by atoms with Gasteiger partial charge in [-0.1, -0.05) is 6.42 Å². The summed E-state index contributed by atoms with van der Waals surface area (Å²) in [7, 11) is 1.93. The molecule has 1 fully saturated rings. The Kier molecular flexibility index (Phi) is 6.43. The fraction of sp³-hybridized carbons (Fsp3) is 1.00. The van der Waals surface area contributed by atoms with Crippen LogP contribution in [-0.4, -0.2) is 43.8 Å². The number of unbranched alkanes of at least 4 members (excludes halogenated alkanes) is 1. The first-order valence-electron chi connectivity index (χ1n) is 6.90. The van der Waals surface area contributed by atoms with Gasteiger partial charge in [0, 0.05) is 12.6 Å². The minimum Gasteiger partial charge on any atom is -0.317 e. The van der Waals surface area contributed by atoms with E-state index in [1.165, 1.54) is 0 Å². The molecule has 1 rings (SSSR count). The van der Waals surface area contributed by atoms with Gasteiger partial charge in [-0.25, -0.2) is 0 Å². The molecule has 0 amide bonds. The van der Waals surface area contributed by atoms with E-state index in [4.69, 9.17) is 0 Å². The number of alkyl halides is 3. The van der Waals surface area contributed by atoms with Gasteiger partial charge < -0.3 is 10.2 Å². The number of hydrogen-bond donors (Lipinski definition) is 1. The van der Waals surface area contributed by atoms with Gasteiger partial charge in [0.2, 0.25) is 0 Å². The molecule has 2 atom stereocenters. The van der Waals surface area contributed by atoms with Crippen LogP contribution in [0, 0.1) is 5.92 Å². The van der Waals surface area contributed by atoms with Crippen LogP contribution in [0.25, 0.3) is 0 Å². The number of piperidine rings is 1. The topological polar surface area (TPSA) is 15.3 Å². The molecule has 0 aromatic heterocycles. The lowest BCUT2D eigenvalue weighted by Gasteiger charge is -2.33. The highest BCUT2D eigenvalue weighted by Crippen LogP contribution is 2.33. The minimum absolute atomic E-state index is 0.199. The molecule has 0 aliphatic carbocycles. The van der Waals surface area contributed by atoms with Crippen LogP contribution in [0.2, 0.25) is 0 Å². The lowest BCUT2D eigenvalue weighted by Crippen LogP contribution is -2.42. The zero-order valence-corrected chi connectivity index (χ0v) is 11.4. The van der Waals surface area contributed by atoms with Gasteiger partial charge in [0.25, 0.3) is 0 Å². The standard InChI is InChI=1S/C13H25F3N2/c1-11(17-2)6-3-4-8-18-9-5-7-12(10-18)13(14,15)16/h11-12,17H,3-10H2,1-2H3. The van der Waals surface area contributed by atoms with Gasteiger partial charge in [-0.3, -0.25) is 0 Å². The number of halogens is 3. The van der Waals surface area contributed by atoms with Crippen LogP contribution >= 0.6 is 0 Å². The number of nitrogens with zero attached hydrogens (tertiary/aromatic N) is 1. The van der Waals surface area contributed by atoms with E-state index >= 15 is 0 Å². The van der Waals surface area contributed by atoms with Crippen LogP contribution < -0.4 is 5.32 Å². The lowest BCUT2D eigenvalue weighted by molar-refractivity contribution is -0.186. The van der Waals surface area contributed by atoms with Crippen molar-refractivity contribution in [1.29, 1.82) is 0 Å². The van der Waals surface area contributed by atoms with Crippen LogP contribution in [0.1, 0.15) is 39.0 Å². The van der Waals surface area contributed by atoms with Gasteiger partial charge in [0.05, 0.1) is 5.92 Å². The number of rotatable bonds is 6. The maximum atomic E-state index is 12.6. The minimum atomic E-state index is -4.01. The van der Waals surface area contributed by atoms with E-state index in [1.54, 1.807) is 0 Å². The summed E-state index contributed by atoms with van der Waals surface area (Å²) in [6.45, 7) is 3.96.